The van der Waals surface area contributed by atoms with Crippen molar-refractivity contribution in [2.24, 2.45) is 0 Å². The minimum Gasteiger partial charge on any atom is -0.399 e. The summed E-state index contributed by atoms with van der Waals surface area (Å²) in [4.78, 5) is 12.8. The van der Waals surface area contributed by atoms with E-state index in [1.54, 1.807) is 24.5 Å². The molecule has 3 rings (SSSR count). The summed E-state index contributed by atoms with van der Waals surface area (Å²) < 4.78 is 0. The van der Waals surface area contributed by atoms with E-state index in [1.807, 2.05) is 36.4 Å². The van der Waals surface area contributed by atoms with E-state index >= 15 is 0 Å². The Balaban J connectivity index is 1.97. The van der Waals surface area contributed by atoms with Gasteiger partial charge in [0, 0.05) is 11.9 Å². The van der Waals surface area contributed by atoms with Gasteiger partial charge in [0.05, 0.1) is 17.5 Å². The molecule has 2 aromatic heterocycles. The number of aromatic nitrogens is 3. The van der Waals surface area contributed by atoms with Crippen LogP contribution in [0.3, 0.4) is 0 Å². The van der Waals surface area contributed by atoms with Crippen LogP contribution in [0.4, 0.5) is 11.5 Å². The summed E-state index contributed by atoms with van der Waals surface area (Å²) >= 11 is 0. The Morgan fingerprint density at radius 2 is 1.75 bits per heavy atom. The van der Waals surface area contributed by atoms with Crippen molar-refractivity contribution >= 4 is 23.7 Å². The molecule has 6 heteroatoms. The molecule has 0 saturated heterocycles. The maximum Gasteiger partial charge on any atom is 0.151 e. The zero-order valence-electron chi connectivity index (χ0n) is 12.7. The molecule has 6 nitrogen and oxygen atoms in total. The fourth-order valence-electron chi connectivity index (χ4n) is 2.14. The van der Waals surface area contributed by atoms with Crippen molar-refractivity contribution in [3.8, 4) is 17.5 Å². The zero-order chi connectivity index (χ0) is 16.9. The van der Waals surface area contributed by atoms with Crippen LogP contribution in [-0.4, -0.2) is 15.0 Å². The predicted molar refractivity (Wildman–Crippen MR) is 94.2 cm³/mol. The van der Waals surface area contributed by atoms with Crippen molar-refractivity contribution in [3.05, 3.63) is 65.6 Å². The molecule has 3 aromatic rings. The fourth-order valence-corrected chi connectivity index (χ4v) is 2.14. The van der Waals surface area contributed by atoms with Gasteiger partial charge < -0.3 is 11.5 Å². The maximum absolute atomic E-state index is 9.21. The van der Waals surface area contributed by atoms with E-state index in [4.69, 9.17) is 11.5 Å². The molecule has 0 aliphatic heterocycles. The van der Waals surface area contributed by atoms with Crippen LogP contribution in [0.2, 0.25) is 0 Å². The monoisotopic (exact) mass is 314 g/mol. The number of hydrogen-bond donors (Lipinski definition) is 2. The molecular formula is C18H14N6. The van der Waals surface area contributed by atoms with Crippen molar-refractivity contribution in [3.63, 3.8) is 0 Å². The lowest BCUT2D eigenvalue weighted by molar-refractivity contribution is 1.16. The van der Waals surface area contributed by atoms with Gasteiger partial charge in [0.2, 0.25) is 0 Å². The first-order valence-corrected chi connectivity index (χ1v) is 7.19. The van der Waals surface area contributed by atoms with E-state index in [2.05, 4.69) is 21.0 Å². The van der Waals surface area contributed by atoms with Crippen LogP contribution in [0, 0.1) is 11.3 Å². The number of nitrogen functional groups attached to an aromatic ring is 2. The lowest BCUT2D eigenvalue weighted by atomic mass is 10.1. The van der Waals surface area contributed by atoms with Crippen LogP contribution >= 0.6 is 0 Å². The SMILES string of the molecule is N#Cc1cccnc1-c1nc(C=Cc2ccc(N)cc2)cnc1N. The second-order valence-electron chi connectivity index (χ2n) is 5.04. The highest BCUT2D eigenvalue weighted by atomic mass is 14.9. The predicted octanol–water partition coefficient (Wildman–Crippen LogP) is 2.75. The molecule has 0 fully saturated rings. The largest absolute Gasteiger partial charge is 0.399 e. The van der Waals surface area contributed by atoms with Gasteiger partial charge in [-0.1, -0.05) is 18.2 Å². The summed E-state index contributed by atoms with van der Waals surface area (Å²) in [5.41, 5.74) is 15.1. The second kappa shape index (κ2) is 6.58. The molecule has 24 heavy (non-hydrogen) atoms. The topological polar surface area (TPSA) is 114 Å². The van der Waals surface area contributed by atoms with Gasteiger partial charge in [-0.3, -0.25) is 4.98 Å². The third-order valence-electron chi connectivity index (χ3n) is 3.35. The van der Waals surface area contributed by atoms with E-state index in [0.717, 1.165) is 5.56 Å². The molecule has 2 heterocycles. The molecule has 116 valence electrons. The van der Waals surface area contributed by atoms with E-state index in [1.165, 1.54) is 0 Å². The Bertz CT molecular complexity index is 938. The first-order chi connectivity index (χ1) is 11.7. The molecule has 0 aliphatic rings. The van der Waals surface area contributed by atoms with Gasteiger partial charge in [0.1, 0.15) is 17.5 Å². The molecular weight excluding hydrogens is 300 g/mol. The summed E-state index contributed by atoms with van der Waals surface area (Å²) in [5.74, 6) is 0.231. The van der Waals surface area contributed by atoms with Crippen molar-refractivity contribution in [1.29, 1.82) is 5.26 Å². The average Bonchev–Trinajstić information content (AvgIpc) is 2.62. The van der Waals surface area contributed by atoms with Crippen molar-refractivity contribution in [1.82, 2.24) is 15.0 Å². The Kier molecular flexibility index (Phi) is 4.17. The number of rotatable bonds is 3. The molecule has 0 saturated carbocycles. The number of nitrogens with two attached hydrogens (primary N) is 2. The lowest BCUT2D eigenvalue weighted by Crippen LogP contribution is -2.01. The summed E-state index contributed by atoms with van der Waals surface area (Å²) in [6, 6.07) is 12.9. The zero-order valence-corrected chi connectivity index (χ0v) is 12.7. The van der Waals surface area contributed by atoms with Crippen LogP contribution in [0.5, 0.6) is 0 Å². The quantitative estimate of drug-likeness (QED) is 0.718. The highest BCUT2D eigenvalue weighted by Crippen LogP contribution is 2.23. The van der Waals surface area contributed by atoms with Crippen LogP contribution in [0.15, 0.2) is 48.8 Å². The van der Waals surface area contributed by atoms with Crippen LogP contribution in [0.25, 0.3) is 23.5 Å². The third kappa shape index (κ3) is 3.20. The highest BCUT2D eigenvalue weighted by molar-refractivity contribution is 5.74. The minimum absolute atomic E-state index is 0.231. The van der Waals surface area contributed by atoms with Crippen LogP contribution in [0.1, 0.15) is 16.8 Å². The van der Waals surface area contributed by atoms with Crippen molar-refractivity contribution in [2.75, 3.05) is 11.5 Å². The Morgan fingerprint density at radius 1 is 0.958 bits per heavy atom. The van der Waals surface area contributed by atoms with Gasteiger partial charge in [0.15, 0.2) is 5.82 Å². The maximum atomic E-state index is 9.21. The number of nitriles is 1. The van der Waals surface area contributed by atoms with Gasteiger partial charge in [0.25, 0.3) is 0 Å². The fraction of sp³-hybridized carbons (Fsp3) is 0. The van der Waals surface area contributed by atoms with E-state index in [9.17, 15) is 5.26 Å². The molecule has 0 atom stereocenters. The first kappa shape index (κ1) is 15.2. The Morgan fingerprint density at radius 3 is 2.50 bits per heavy atom. The molecule has 1 aromatic carbocycles. The second-order valence-corrected chi connectivity index (χ2v) is 5.04. The number of anilines is 2. The summed E-state index contributed by atoms with van der Waals surface area (Å²) in [5, 5.41) is 9.21. The van der Waals surface area contributed by atoms with Gasteiger partial charge in [-0.2, -0.15) is 5.26 Å². The molecule has 4 N–H and O–H groups in total. The molecule has 0 spiro atoms. The first-order valence-electron chi connectivity index (χ1n) is 7.19. The molecule has 0 bridgehead atoms. The van der Waals surface area contributed by atoms with Crippen molar-refractivity contribution in [2.45, 2.75) is 0 Å². The smallest absolute Gasteiger partial charge is 0.151 e. The molecule has 0 radical (unpaired) electrons. The number of hydrogen-bond acceptors (Lipinski definition) is 6. The molecule has 0 amide bonds. The number of nitrogens with zero attached hydrogens (tertiary/aromatic N) is 4. The summed E-state index contributed by atoms with van der Waals surface area (Å²) in [6.45, 7) is 0. The van der Waals surface area contributed by atoms with Crippen LogP contribution < -0.4 is 11.5 Å². The van der Waals surface area contributed by atoms with E-state index in [0.29, 0.717) is 28.3 Å². The van der Waals surface area contributed by atoms with Gasteiger partial charge in [-0.05, 0) is 35.9 Å². The van der Waals surface area contributed by atoms with Crippen molar-refractivity contribution < 1.29 is 0 Å². The minimum atomic E-state index is 0.231. The van der Waals surface area contributed by atoms with E-state index in [-0.39, 0.29) is 5.82 Å². The standard InChI is InChI=1S/C18H14N6/c19-10-13-2-1-9-22-16(13)17-18(21)23-11-15(24-17)8-5-12-3-6-14(20)7-4-12/h1-9,11H,20H2,(H2,21,23). The molecule has 0 aliphatic carbocycles. The Labute approximate surface area is 139 Å². The lowest BCUT2D eigenvalue weighted by Gasteiger charge is -2.06. The average molecular weight is 314 g/mol. The molecule has 0 unspecified atom stereocenters. The number of pyridine rings is 1. The normalized spacial score (nSPS) is 10.6. The summed E-state index contributed by atoms with van der Waals surface area (Å²) in [6.07, 6.45) is 6.87. The highest BCUT2D eigenvalue weighted by Gasteiger charge is 2.12. The van der Waals surface area contributed by atoms with Gasteiger partial charge >= 0.3 is 0 Å². The van der Waals surface area contributed by atoms with Crippen LogP contribution in [-0.2, 0) is 0 Å². The van der Waals surface area contributed by atoms with Gasteiger partial charge in [-0.25, -0.2) is 9.97 Å². The van der Waals surface area contributed by atoms with Gasteiger partial charge in [-0.15, -0.1) is 0 Å². The number of benzene rings is 1. The third-order valence-corrected chi connectivity index (χ3v) is 3.35. The van der Waals surface area contributed by atoms with E-state index < -0.39 is 0 Å². The Hall–Kier alpha value is -3.72. The summed E-state index contributed by atoms with van der Waals surface area (Å²) in [7, 11) is 0.